The van der Waals surface area contributed by atoms with Gasteiger partial charge in [-0.05, 0) is 22.3 Å². The van der Waals surface area contributed by atoms with Gasteiger partial charge in [0.15, 0.2) is 5.79 Å². The molecule has 4 aliphatic heterocycles. The van der Waals surface area contributed by atoms with Crippen LogP contribution in [0.1, 0.15) is 28.7 Å². The molecule has 4 aliphatic rings. The number of fused-ring (bicyclic) bond motifs is 2. The molecule has 2 fully saturated rings. The second-order valence-electron chi connectivity index (χ2n) is 9.65. The second-order valence-corrected chi connectivity index (χ2v) is 9.65. The van der Waals surface area contributed by atoms with Crippen molar-refractivity contribution in [3.05, 3.63) is 70.8 Å². The maximum Gasteiger partial charge on any atom is 0.201 e. The third-order valence-corrected chi connectivity index (χ3v) is 7.24. The molecule has 0 aromatic heterocycles. The van der Waals surface area contributed by atoms with Gasteiger partial charge < -0.3 is 44.5 Å². The van der Waals surface area contributed by atoms with E-state index in [9.17, 15) is 25.5 Å². The molecule has 0 amide bonds. The lowest BCUT2D eigenvalue weighted by molar-refractivity contribution is -0.346. The van der Waals surface area contributed by atoms with Gasteiger partial charge in [0.25, 0.3) is 0 Å². The van der Waals surface area contributed by atoms with Crippen LogP contribution in [0.2, 0.25) is 0 Å². The third-order valence-electron chi connectivity index (χ3n) is 7.24. The highest BCUT2D eigenvalue weighted by atomic mass is 16.7. The van der Waals surface area contributed by atoms with Crippen LogP contribution in [-0.2, 0) is 45.0 Å². The molecule has 4 heterocycles. The molecule has 2 aromatic carbocycles. The number of benzene rings is 2. The summed E-state index contributed by atoms with van der Waals surface area (Å²) in [5.41, 5.74) is 4.45. The van der Waals surface area contributed by atoms with Crippen LogP contribution in [0.25, 0.3) is 0 Å². The molecule has 7 atom stereocenters. The Bertz CT molecular complexity index is 1030. The number of aliphatic hydroxyl groups is 5. The molecule has 0 bridgehead atoms. The van der Waals surface area contributed by atoms with Crippen molar-refractivity contribution in [2.75, 3.05) is 13.2 Å². The van der Waals surface area contributed by atoms with Gasteiger partial charge in [-0.25, -0.2) is 0 Å². The Morgan fingerprint density at radius 2 is 1.17 bits per heavy atom. The summed E-state index contributed by atoms with van der Waals surface area (Å²) in [7, 11) is 0. The number of rotatable bonds is 0. The quantitative estimate of drug-likeness (QED) is 0.351. The standard InChI is InChI=1S/C13H16O5.C13H16O4/c14-10-7-18-13(12(16)11(10)15)5-8-3-1-2-4-9(8)6-17-13;14-11-6-13(17-8-12(11)15)5-9-3-1-2-4-10(9)7-16-13/h1-4,10-12,14-16H,5-7H2;1-4,11-12,14-15H,5-8H2/t10-,11-,12+,13-;11-,12+,13-/m10/s1. The van der Waals surface area contributed by atoms with Crippen molar-refractivity contribution in [2.24, 2.45) is 0 Å². The minimum absolute atomic E-state index is 0.0413. The van der Waals surface area contributed by atoms with E-state index >= 15 is 0 Å². The van der Waals surface area contributed by atoms with E-state index in [0.29, 0.717) is 32.5 Å². The van der Waals surface area contributed by atoms with Gasteiger partial charge in [0, 0.05) is 19.3 Å². The highest BCUT2D eigenvalue weighted by Crippen LogP contribution is 2.37. The van der Waals surface area contributed by atoms with Gasteiger partial charge in [-0.15, -0.1) is 0 Å². The zero-order valence-electron chi connectivity index (χ0n) is 19.3. The zero-order chi connectivity index (χ0) is 24.6. The SMILES string of the molecule is O[C@@H]1CO[C@@]2(Cc3ccccc3CO2)C[C@@H]1O.O[C@@H]1[C@H](O)CO[C@]2(Cc3ccccc3CO2)[C@H]1O. The zero-order valence-corrected chi connectivity index (χ0v) is 19.3. The van der Waals surface area contributed by atoms with Gasteiger partial charge in [0.05, 0.1) is 32.5 Å². The molecule has 190 valence electrons. The van der Waals surface area contributed by atoms with Crippen molar-refractivity contribution < 1.29 is 44.5 Å². The van der Waals surface area contributed by atoms with E-state index < -0.39 is 42.1 Å². The first kappa shape index (κ1) is 24.8. The lowest BCUT2D eigenvalue weighted by Gasteiger charge is -2.47. The van der Waals surface area contributed by atoms with Crippen LogP contribution in [0.4, 0.5) is 0 Å². The summed E-state index contributed by atoms with van der Waals surface area (Å²) < 4.78 is 22.5. The highest BCUT2D eigenvalue weighted by Gasteiger charge is 2.52. The first-order valence-electron chi connectivity index (χ1n) is 11.9. The van der Waals surface area contributed by atoms with E-state index in [1.807, 2.05) is 42.5 Å². The molecule has 0 unspecified atom stereocenters. The van der Waals surface area contributed by atoms with Crippen LogP contribution in [-0.4, -0.2) is 80.8 Å². The van der Waals surface area contributed by atoms with Crippen molar-refractivity contribution in [2.45, 2.75) is 74.6 Å². The smallest absolute Gasteiger partial charge is 0.201 e. The van der Waals surface area contributed by atoms with Crippen LogP contribution in [0, 0.1) is 0 Å². The fourth-order valence-corrected chi connectivity index (χ4v) is 5.06. The first-order chi connectivity index (χ1) is 16.8. The number of ether oxygens (including phenoxy) is 4. The van der Waals surface area contributed by atoms with Crippen molar-refractivity contribution in [1.82, 2.24) is 0 Å². The lowest BCUT2D eigenvalue weighted by atomic mass is 9.88. The summed E-state index contributed by atoms with van der Waals surface area (Å²) in [4.78, 5) is 0. The van der Waals surface area contributed by atoms with Crippen molar-refractivity contribution in [3.63, 3.8) is 0 Å². The number of hydrogen-bond donors (Lipinski definition) is 5. The topological polar surface area (TPSA) is 138 Å². The molecule has 2 spiro atoms. The molecule has 0 radical (unpaired) electrons. The Labute approximate surface area is 203 Å². The summed E-state index contributed by atoms with van der Waals surface area (Å²) in [6.07, 6.45) is -3.83. The molecule has 35 heavy (non-hydrogen) atoms. The Morgan fingerprint density at radius 1 is 0.600 bits per heavy atom. The summed E-state index contributed by atoms with van der Waals surface area (Å²) in [5, 5.41) is 48.5. The summed E-state index contributed by atoms with van der Waals surface area (Å²) in [6, 6.07) is 15.8. The minimum atomic E-state index is -1.25. The van der Waals surface area contributed by atoms with Crippen LogP contribution in [0.15, 0.2) is 48.5 Å². The van der Waals surface area contributed by atoms with Crippen LogP contribution in [0.5, 0.6) is 0 Å². The molecular formula is C26H32O9. The average Bonchev–Trinajstić information content (AvgIpc) is 2.88. The maximum atomic E-state index is 10.1. The maximum absolute atomic E-state index is 10.1. The van der Waals surface area contributed by atoms with Gasteiger partial charge >= 0.3 is 0 Å². The molecule has 9 heteroatoms. The Hall–Kier alpha value is -1.92. The van der Waals surface area contributed by atoms with E-state index in [1.165, 1.54) is 11.1 Å². The molecule has 5 N–H and O–H groups in total. The van der Waals surface area contributed by atoms with Gasteiger partial charge in [-0.3, -0.25) is 0 Å². The fraction of sp³-hybridized carbons (Fsp3) is 0.538. The second kappa shape index (κ2) is 9.85. The Balaban J connectivity index is 0.000000145. The highest BCUT2D eigenvalue weighted by molar-refractivity contribution is 5.31. The lowest BCUT2D eigenvalue weighted by Crippen LogP contribution is -2.63. The van der Waals surface area contributed by atoms with Crippen molar-refractivity contribution >= 4 is 0 Å². The Morgan fingerprint density at radius 3 is 1.83 bits per heavy atom. The summed E-state index contributed by atoms with van der Waals surface area (Å²) in [6.45, 7) is 0.915. The monoisotopic (exact) mass is 488 g/mol. The fourth-order valence-electron chi connectivity index (χ4n) is 5.06. The number of aliphatic hydroxyl groups excluding tert-OH is 5. The average molecular weight is 489 g/mol. The van der Waals surface area contributed by atoms with Gasteiger partial charge in [0.1, 0.15) is 24.4 Å². The van der Waals surface area contributed by atoms with Gasteiger partial charge in [-0.1, -0.05) is 48.5 Å². The van der Waals surface area contributed by atoms with E-state index in [-0.39, 0.29) is 13.2 Å². The van der Waals surface area contributed by atoms with E-state index in [4.69, 9.17) is 18.9 Å². The van der Waals surface area contributed by atoms with Crippen molar-refractivity contribution in [3.8, 4) is 0 Å². The molecular weight excluding hydrogens is 456 g/mol. The minimum Gasteiger partial charge on any atom is -0.390 e. The molecule has 0 saturated carbocycles. The Kier molecular flexibility index (Phi) is 6.97. The normalized spacial score (nSPS) is 38.3. The molecule has 2 aromatic rings. The molecule has 0 aliphatic carbocycles. The predicted octanol–water partition coefficient (Wildman–Crippen LogP) is 0.166. The summed E-state index contributed by atoms with van der Waals surface area (Å²) in [5.74, 6) is -2.00. The number of hydrogen-bond acceptors (Lipinski definition) is 9. The third kappa shape index (κ3) is 4.89. The molecule has 6 rings (SSSR count). The predicted molar refractivity (Wildman–Crippen MR) is 122 cm³/mol. The molecule has 2 saturated heterocycles. The van der Waals surface area contributed by atoms with Crippen LogP contribution >= 0.6 is 0 Å². The summed E-state index contributed by atoms with van der Waals surface area (Å²) >= 11 is 0. The van der Waals surface area contributed by atoms with Crippen molar-refractivity contribution in [1.29, 1.82) is 0 Å². The van der Waals surface area contributed by atoms with Gasteiger partial charge in [-0.2, -0.15) is 0 Å². The van der Waals surface area contributed by atoms with Gasteiger partial charge in [0.2, 0.25) is 5.79 Å². The van der Waals surface area contributed by atoms with Crippen LogP contribution < -0.4 is 0 Å². The van der Waals surface area contributed by atoms with E-state index in [0.717, 1.165) is 11.1 Å². The van der Waals surface area contributed by atoms with E-state index in [2.05, 4.69) is 6.07 Å². The van der Waals surface area contributed by atoms with Crippen LogP contribution in [0.3, 0.4) is 0 Å². The molecule has 9 nitrogen and oxygen atoms in total. The first-order valence-corrected chi connectivity index (χ1v) is 11.9. The van der Waals surface area contributed by atoms with E-state index in [1.54, 1.807) is 0 Å². The largest absolute Gasteiger partial charge is 0.390 e.